The van der Waals surface area contributed by atoms with E-state index < -0.39 is 17.8 Å². The summed E-state index contributed by atoms with van der Waals surface area (Å²) < 4.78 is 40.3. The molecule has 0 radical (unpaired) electrons. The lowest BCUT2D eigenvalue weighted by Crippen LogP contribution is -2.44. The van der Waals surface area contributed by atoms with Crippen molar-refractivity contribution in [3.05, 3.63) is 35.4 Å². The van der Waals surface area contributed by atoms with Gasteiger partial charge in [-0.2, -0.15) is 13.2 Å². The number of carbonyl (C=O) groups excluding carboxylic acids is 1. The van der Waals surface area contributed by atoms with Gasteiger partial charge in [0, 0.05) is 12.5 Å². The van der Waals surface area contributed by atoms with Gasteiger partial charge in [0.05, 0.1) is 11.6 Å². The van der Waals surface area contributed by atoms with Crippen molar-refractivity contribution in [2.45, 2.75) is 50.7 Å². The van der Waals surface area contributed by atoms with E-state index in [-0.39, 0.29) is 23.3 Å². The summed E-state index contributed by atoms with van der Waals surface area (Å²) in [5.41, 5.74) is 5.40. The van der Waals surface area contributed by atoms with Crippen LogP contribution in [0.4, 0.5) is 13.2 Å². The van der Waals surface area contributed by atoms with Crippen molar-refractivity contribution in [2.75, 3.05) is 13.1 Å². The number of rotatable bonds is 3. The molecule has 138 valence electrons. The molecule has 1 aromatic carbocycles. The summed E-state index contributed by atoms with van der Waals surface area (Å²) in [7, 11) is 0. The second-order valence-corrected chi connectivity index (χ2v) is 7.16. The molecule has 25 heavy (non-hydrogen) atoms. The van der Waals surface area contributed by atoms with Crippen molar-refractivity contribution in [2.24, 2.45) is 17.6 Å². The highest BCUT2D eigenvalue weighted by atomic mass is 19.4. The smallest absolute Gasteiger partial charge is 0.335 e. The van der Waals surface area contributed by atoms with E-state index in [4.69, 9.17) is 5.73 Å². The van der Waals surface area contributed by atoms with E-state index in [9.17, 15) is 18.0 Å². The van der Waals surface area contributed by atoms with Crippen molar-refractivity contribution in [1.82, 2.24) is 4.90 Å². The van der Waals surface area contributed by atoms with Gasteiger partial charge < -0.3 is 10.6 Å². The Balaban J connectivity index is 1.91. The first kappa shape index (κ1) is 18.2. The van der Waals surface area contributed by atoms with Crippen molar-refractivity contribution in [1.29, 1.82) is 0 Å². The monoisotopic (exact) mass is 354 g/mol. The summed E-state index contributed by atoms with van der Waals surface area (Å²) in [6.07, 6.45) is 0.558. The fraction of sp³-hybridized carbons (Fsp3) is 0.632. The number of benzene rings is 1. The Bertz CT molecular complexity index is 617. The van der Waals surface area contributed by atoms with Crippen LogP contribution in [0, 0.1) is 11.8 Å². The predicted molar refractivity (Wildman–Crippen MR) is 89.6 cm³/mol. The zero-order valence-corrected chi connectivity index (χ0v) is 14.3. The maximum atomic E-state index is 13.4. The maximum Gasteiger partial charge on any atom is 0.416 e. The second kappa shape index (κ2) is 7.36. The van der Waals surface area contributed by atoms with Gasteiger partial charge in [-0.3, -0.25) is 4.79 Å². The molecule has 6 heteroatoms. The SMILES string of the molecule is NC[C@H]1CCC[C@H]1C(=O)N1CCCCC1c1ccccc1C(F)(F)F. The molecule has 3 nitrogen and oxygen atoms in total. The van der Waals surface area contributed by atoms with Crippen molar-refractivity contribution < 1.29 is 18.0 Å². The summed E-state index contributed by atoms with van der Waals surface area (Å²) in [5, 5.41) is 0. The minimum Gasteiger partial charge on any atom is -0.335 e. The molecule has 1 saturated heterocycles. The molecule has 1 saturated carbocycles. The molecule has 0 spiro atoms. The lowest BCUT2D eigenvalue weighted by atomic mass is 9.88. The largest absolute Gasteiger partial charge is 0.416 e. The van der Waals surface area contributed by atoms with Crippen molar-refractivity contribution in [3.63, 3.8) is 0 Å². The Kier molecular flexibility index (Phi) is 5.37. The summed E-state index contributed by atoms with van der Waals surface area (Å²) in [6, 6.07) is 5.18. The third kappa shape index (κ3) is 3.68. The summed E-state index contributed by atoms with van der Waals surface area (Å²) in [6.45, 7) is 0.998. The molecule has 1 aliphatic heterocycles. The zero-order chi connectivity index (χ0) is 18.0. The van der Waals surface area contributed by atoms with Crippen LogP contribution in [-0.4, -0.2) is 23.9 Å². The second-order valence-electron chi connectivity index (χ2n) is 7.16. The third-order valence-electron chi connectivity index (χ3n) is 5.69. The number of hydrogen-bond acceptors (Lipinski definition) is 2. The quantitative estimate of drug-likeness (QED) is 0.887. The average Bonchev–Trinajstić information content (AvgIpc) is 3.09. The van der Waals surface area contributed by atoms with Crippen LogP contribution in [0.15, 0.2) is 24.3 Å². The Morgan fingerprint density at radius 3 is 2.60 bits per heavy atom. The van der Waals surface area contributed by atoms with Crippen LogP contribution in [0.3, 0.4) is 0 Å². The van der Waals surface area contributed by atoms with Gasteiger partial charge in [-0.1, -0.05) is 24.6 Å². The molecule has 1 heterocycles. The van der Waals surface area contributed by atoms with E-state index in [2.05, 4.69) is 0 Å². The van der Waals surface area contributed by atoms with Gasteiger partial charge in [0.15, 0.2) is 0 Å². The lowest BCUT2D eigenvalue weighted by Gasteiger charge is -2.39. The Labute approximate surface area is 146 Å². The molecule has 3 atom stereocenters. The molecule has 0 aromatic heterocycles. The Morgan fingerprint density at radius 1 is 1.12 bits per heavy atom. The number of hydrogen-bond donors (Lipinski definition) is 1. The average molecular weight is 354 g/mol. The number of carbonyl (C=O) groups is 1. The van der Waals surface area contributed by atoms with Gasteiger partial charge in [0.2, 0.25) is 5.91 Å². The van der Waals surface area contributed by atoms with Crippen LogP contribution in [0.25, 0.3) is 0 Å². The lowest BCUT2D eigenvalue weighted by molar-refractivity contribution is -0.144. The normalized spacial score (nSPS) is 27.5. The number of likely N-dealkylation sites (tertiary alicyclic amines) is 1. The van der Waals surface area contributed by atoms with Gasteiger partial charge in [-0.05, 0) is 56.2 Å². The highest BCUT2D eigenvalue weighted by Crippen LogP contribution is 2.42. The minimum atomic E-state index is -4.41. The van der Waals surface area contributed by atoms with Crippen LogP contribution in [0.2, 0.25) is 0 Å². The predicted octanol–water partition coefficient (Wildman–Crippen LogP) is 4.13. The van der Waals surface area contributed by atoms with E-state index in [0.717, 1.165) is 38.2 Å². The van der Waals surface area contributed by atoms with E-state index in [1.54, 1.807) is 11.0 Å². The van der Waals surface area contributed by atoms with E-state index >= 15 is 0 Å². The van der Waals surface area contributed by atoms with Gasteiger partial charge in [0.25, 0.3) is 0 Å². The van der Waals surface area contributed by atoms with E-state index in [1.807, 2.05) is 0 Å². The molecule has 1 aliphatic carbocycles. The molecular formula is C19H25F3N2O. The first-order valence-corrected chi connectivity index (χ1v) is 9.10. The zero-order valence-electron chi connectivity index (χ0n) is 14.3. The molecule has 2 fully saturated rings. The number of nitrogens with two attached hydrogens (primary N) is 1. The van der Waals surface area contributed by atoms with Crippen LogP contribution in [0.5, 0.6) is 0 Å². The highest BCUT2D eigenvalue weighted by Gasteiger charge is 2.41. The van der Waals surface area contributed by atoms with Crippen molar-refractivity contribution in [3.8, 4) is 0 Å². The van der Waals surface area contributed by atoms with Gasteiger partial charge >= 0.3 is 6.18 Å². The first-order chi connectivity index (χ1) is 11.9. The molecule has 2 N–H and O–H groups in total. The van der Waals surface area contributed by atoms with Gasteiger partial charge in [0.1, 0.15) is 0 Å². The molecule has 1 unspecified atom stereocenters. The molecule has 2 aliphatic rings. The topological polar surface area (TPSA) is 46.3 Å². The van der Waals surface area contributed by atoms with Crippen LogP contribution < -0.4 is 5.73 Å². The number of halogens is 3. The molecular weight excluding hydrogens is 329 g/mol. The molecule has 0 bridgehead atoms. The van der Waals surface area contributed by atoms with Crippen LogP contribution in [0.1, 0.15) is 55.7 Å². The van der Waals surface area contributed by atoms with Crippen molar-refractivity contribution >= 4 is 5.91 Å². The first-order valence-electron chi connectivity index (χ1n) is 9.10. The van der Waals surface area contributed by atoms with Crippen LogP contribution >= 0.6 is 0 Å². The van der Waals surface area contributed by atoms with E-state index in [1.165, 1.54) is 12.1 Å². The minimum absolute atomic E-state index is 0.00497. The van der Waals surface area contributed by atoms with Crippen LogP contribution in [-0.2, 0) is 11.0 Å². The molecule has 3 rings (SSSR count). The fourth-order valence-electron chi connectivity index (χ4n) is 4.42. The fourth-order valence-corrected chi connectivity index (χ4v) is 4.42. The molecule has 1 aromatic rings. The highest BCUT2D eigenvalue weighted by molar-refractivity contribution is 5.80. The van der Waals surface area contributed by atoms with Gasteiger partial charge in [-0.15, -0.1) is 0 Å². The summed E-state index contributed by atoms with van der Waals surface area (Å²) in [5.74, 6) is 0.0196. The Morgan fingerprint density at radius 2 is 1.88 bits per heavy atom. The van der Waals surface area contributed by atoms with E-state index in [0.29, 0.717) is 19.5 Å². The number of piperidine rings is 1. The number of alkyl halides is 3. The summed E-state index contributed by atoms with van der Waals surface area (Å²) in [4.78, 5) is 14.8. The standard InChI is InChI=1S/C19H25F3N2O/c20-19(21,22)16-9-2-1-7-15(16)17-10-3-4-11-24(17)18(25)14-8-5-6-13(14)12-23/h1-2,7,9,13-14,17H,3-6,8,10-12,23H2/t13-,14-,17?/m1/s1. The number of nitrogens with zero attached hydrogens (tertiary/aromatic N) is 1. The number of amides is 1. The third-order valence-corrected chi connectivity index (χ3v) is 5.69. The Hall–Kier alpha value is -1.56. The summed E-state index contributed by atoms with van der Waals surface area (Å²) >= 11 is 0. The van der Waals surface area contributed by atoms with Gasteiger partial charge in [-0.25, -0.2) is 0 Å². The maximum absolute atomic E-state index is 13.4. The molecule has 1 amide bonds.